The van der Waals surface area contributed by atoms with Crippen LogP contribution in [0.2, 0.25) is 5.02 Å². The zero-order valence-corrected chi connectivity index (χ0v) is 12.6. The molecule has 1 amide bonds. The molecule has 3 rings (SSSR count). The minimum atomic E-state index is -0.174. The number of hydrogen-bond acceptors (Lipinski definition) is 2. The molecule has 0 fully saturated rings. The van der Waals surface area contributed by atoms with Crippen molar-refractivity contribution in [2.45, 2.75) is 19.8 Å². The normalized spacial score (nSPS) is 13.2. The third-order valence-electron chi connectivity index (χ3n) is 3.74. The lowest BCUT2D eigenvalue weighted by molar-refractivity contribution is 0.102. The Morgan fingerprint density at radius 2 is 2.14 bits per heavy atom. The molecule has 3 nitrogen and oxygen atoms in total. The van der Waals surface area contributed by atoms with E-state index in [0.29, 0.717) is 10.6 Å². The molecule has 0 aromatic heterocycles. The van der Waals surface area contributed by atoms with Crippen LogP contribution in [-0.2, 0) is 6.42 Å². The first-order valence-electron chi connectivity index (χ1n) is 7.08. The molecular formula is C17H17ClN2O. The van der Waals surface area contributed by atoms with E-state index in [1.54, 1.807) is 6.07 Å². The third kappa shape index (κ3) is 2.88. The minimum absolute atomic E-state index is 0.174. The molecule has 0 bridgehead atoms. The molecular weight excluding hydrogens is 284 g/mol. The summed E-state index contributed by atoms with van der Waals surface area (Å²) in [5.41, 5.74) is 4.62. The van der Waals surface area contributed by atoms with Crippen LogP contribution in [0.15, 0.2) is 36.4 Å². The first-order chi connectivity index (χ1) is 10.1. The second kappa shape index (κ2) is 5.78. The zero-order chi connectivity index (χ0) is 14.8. The topological polar surface area (TPSA) is 41.1 Å². The molecule has 0 saturated carbocycles. The van der Waals surface area contributed by atoms with Gasteiger partial charge in [0.1, 0.15) is 0 Å². The molecule has 108 valence electrons. The summed E-state index contributed by atoms with van der Waals surface area (Å²) in [6.45, 7) is 2.90. The molecule has 2 aromatic rings. The van der Waals surface area contributed by atoms with Crippen LogP contribution in [0.1, 0.15) is 27.9 Å². The largest absolute Gasteiger partial charge is 0.385 e. The molecule has 21 heavy (non-hydrogen) atoms. The van der Waals surface area contributed by atoms with Crippen molar-refractivity contribution in [3.63, 3.8) is 0 Å². The fourth-order valence-electron chi connectivity index (χ4n) is 2.57. The Morgan fingerprint density at radius 1 is 1.29 bits per heavy atom. The Morgan fingerprint density at radius 3 is 3.00 bits per heavy atom. The maximum absolute atomic E-state index is 12.3. The number of halogens is 1. The van der Waals surface area contributed by atoms with Crippen molar-refractivity contribution in [1.29, 1.82) is 0 Å². The molecule has 1 aliphatic rings. The van der Waals surface area contributed by atoms with Crippen molar-refractivity contribution in [3.8, 4) is 0 Å². The van der Waals surface area contributed by atoms with E-state index < -0.39 is 0 Å². The van der Waals surface area contributed by atoms with Gasteiger partial charge in [0.15, 0.2) is 0 Å². The van der Waals surface area contributed by atoms with Gasteiger partial charge in [0.25, 0.3) is 5.91 Å². The van der Waals surface area contributed by atoms with E-state index in [9.17, 15) is 4.79 Å². The number of anilines is 2. The lowest BCUT2D eigenvalue weighted by Crippen LogP contribution is -2.15. The van der Waals surface area contributed by atoms with Gasteiger partial charge in [0.05, 0.1) is 10.6 Å². The maximum Gasteiger partial charge on any atom is 0.257 e. The summed E-state index contributed by atoms with van der Waals surface area (Å²) in [4.78, 5) is 12.3. The predicted molar refractivity (Wildman–Crippen MR) is 87.4 cm³/mol. The van der Waals surface area contributed by atoms with Gasteiger partial charge in [-0.3, -0.25) is 4.79 Å². The van der Waals surface area contributed by atoms with E-state index in [4.69, 9.17) is 11.6 Å². The predicted octanol–water partition coefficient (Wildman–Crippen LogP) is 4.26. The van der Waals surface area contributed by atoms with Crippen molar-refractivity contribution in [1.82, 2.24) is 0 Å². The van der Waals surface area contributed by atoms with Gasteiger partial charge in [0.2, 0.25) is 0 Å². The van der Waals surface area contributed by atoms with E-state index in [1.165, 1.54) is 5.56 Å². The average molecular weight is 301 g/mol. The Bertz CT molecular complexity index is 697. The number of nitrogens with one attached hydrogen (secondary N) is 2. The first-order valence-corrected chi connectivity index (χ1v) is 7.46. The monoisotopic (exact) mass is 300 g/mol. The summed E-state index contributed by atoms with van der Waals surface area (Å²) in [6.07, 6.45) is 2.16. The highest BCUT2D eigenvalue weighted by atomic mass is 35.5. The van der Waals surface area contributed by atoms with Crippen LogP contribution in [0.4, 0.5) is 11.4 Å². The summed E-state index contributed by atoms with van der Waals surface area (Å²) < 4.78 is 0. The van der Waals surface area contributed by atoms with Gasteiger partial charge in [-0.25, -0.2) is 0 Å². The van der Waals surface area contributed by atoms with Gasteiger partial charge in [-0.05, 0) is 55.2 Å². The summed E-state index contributed by atoms with van der Waals surface area (Å²) >= 11 is 6.20. The van der Waals surface area contributed by atoms with Gasteiger partial charge >= 0.3 is 0 Å². The van der Waals surface area contributed by atoms with Crippen molar-refractivity contribution < 1.29 is 4.79 Å². The highest BCUT2D eigenvalue weighted by Crippen LogP contribution is 2.26. The molecule has 0 atom stereocenters. The van der Waals surface area contributed by atoms with Gasteiger partial charge < -0.3 is 10.6 Å². The van der Waals surface area contributed by atoms with Crippen LogP contribution in [0.3, 0.4) is 0 Å². The molecule has 1 heterocycles. The van der Waals surface area contributed by atoms with Crippen LogP contribution < -0.4 is 10.6 Å². The van der Waals surface area contributed by atoms with E-state index in [2.05, 4.69) is 10.6 Å². The number of aryl methyl sites for hydroxylation is 2. The molecule has 0 aliphatic carbocycles. The summed E-state index contributed by atoms with van der Waals surface area (Å²) in [6, 6.07) is 11.4. The van der Waals surface area contributed by atoms with Gasteiger partial charge in [0, 0.05) is 17.9 Å². The van der Waals surface area contributed by atoms with Gasteiger partial charge in [-0.1, -0.05) is 23.7 Å². The summed E-state index contributed by atoms with van der Waals surface area (Å²) in [7, 11) is 0. The lowest BCUT2D eigenvalue weighted by Gasteiger charge is -2.19. The Labute approximate surface area is 129 Å². The quantitative estimate of drug-likeness (QED) is 0.870. The fourth-order valence-corrected chi connectivity index (χ4v) is 2.79. The molecule has 2 N–H and O–H groups in total. The zero-order valence-electron chi connectivity index (χ0n) is 11.9. The van der Waals surface area contributed by atoms with E-state index in [0.717, 1.165) is 36.3 Å². The second-order valence-electron chi connectivity index (χ2n) is 5.29. The number of amides is 1. The molecule has 0 radical (unpaired) electrons. The molecule has 2 aromatic carbocycles. The van der Waals surface area contributed by atoms with Crippen molar-refractivity contribution >= 4 is 28.9 Å². The van der Waals surface area contributed by atoms with Crippen LogP contribution >= 0.6 is 11.6 Å². The average Bonchev–Trinajstić information content (AvgIpc) is 2.50. The number of hydrogen-bond donors (Lipinski definition) is 2. The third-order valence-corrected chi connectivity index (χ3v) is 4.24. The highest BCUT2D eigenvalue weighted by molar-refractivity contribution is 6.35. The molecule has 0 unspecified atom stereocenters. The van der Waals surface area contributed by atoms with E-state index >= 15 is 0 Å². The Hall–Kier alpha value is -2.00. The fraction of sp³-hybridized carbons (Fsp3) is 0.235. The highest BCUT2D eigenvalue weighted by Gasteiger charge is 2.13. The SMILES string of the molecule is Cc1cccc(C(=O)Nc2ccc3c(c2)CCCN3)c1Cl. The van der Waals surface area contributed by atoms with Crippen LogP contribution in [0, 0.1) is 6.92 Å². The van der Waals surface area contributed by atoms with Crippen molar-refractivity contribution in [2.75, 3.05) is 17.2 Å². The Kier molecular flexibility index (Phi) is 3.84. The van der Waals surface area contributed by atoms with E-state index in [1.807, 2.05) is 37.3 Å². The number of carbonyl (C=O) groups excluding carboxylic acids is 1. The molecule has 0 saturated heterocycles. The Balaban J connectivity index is 1.83. The first kappa shape index (κ1) is 14.0. The number of benzene rings is 2. The van der Waals surface area contributed by atoms with Gasteiger partial charge in [-0.15, -0.1) is 0 Å². The number of carbonyl (C=O) groups is 1. The smallest absolute Gasteiger partial charge is 0.257 e. The van der Waals surface area contributed by atoms with Gasteiger partial charge in [-0.2, -0.15) is 0 Å². The summed E-state index contributed by atoms with van der Waals surface area (Å²) in [5.74, 6) is -0.174. The van der Waals surface area contributed by atoms with Crippen molar-refractivity contribution in [3.05, 3.63) is 58.1 Å². The second-order valence-corrected chi connectivity index (χ2v) is 5.67. The maximum atomic E-state index is 12.3. The lowest BCUT2D eigenvalue weighted by atomic mass is 10.0. The summed E-state index contributed by atoms with van der Waals surface area (Å²) in [5, 5.41) is 6.79. The standard InChI is InChI=1S/C17H17ClN2O/c1-11-4-2-6-14(16(11)18)17(21)20-13-7-8-15-12(10-13)5-3-9-19-15/h2,4,6-8,10,19H,3,5,9H2,1H3,(H,20,21). The van der Waals surface area contributed by atoms with E-state index in [-0.39, 0.29) is 5.91 Å². The minimum Gasteiger partial charge on any atom is -0.385 e. The number of rotatable bonds is 2. The molecule has 4 heteroatoms. The van der Waals surface area contributed by atoms with Crippen LogP contribution in [0.25, 0.3) is 0 Å². The van der Waals surface area contributed by atoms with Crippen LogP contribution in [0.5, 0.6) is 0 Å². The molecule has 0 spiro atoms. The van der Waals surface area contributed by atoms with Crippen LogP contribution in [-0.4, -0.2) is 12.5 Å². The molecule has 1 aliphatic heterocycles. The van der Waals surface area contributed by atoms with Crippen molar-refractivity contribution in [2.24, 2.45) is 0 Å². The number of fused-ring (bicyclic) bond motifs is 1.